The van der Waals surface area contributed by atoms with Crippen molar-refractivity contribution in [3.63, 3.8) is 0 Å². The van der Waals surface area contributed by atoms with Gasteiger partial charge in [-0.2, -0.15) is 13.2 Å². The summed E-state index contributed by atoms with van der Waals surface area (Å²) in [6, 6.07) is 0.458. The zero-order valence-corrected chi connectivity index (χ0v) is 10.3. The maximum Gasteiger partial charge on any atom is 0.389 e. The third-order valence-corrected chi connectivity index (χ3v) is 3.52. The van der Waals surface area contributed by atoms with Crippen LogP contribution in [-0.4, -0.2) is 18.8 Å². The Kier molecular flexibility index (Phi) is 4.27. The standard InChI is InChI=1S/C12H22F3N/c1-9(2)16-8-10-7-11(10,3)5-4-6-12(13,14)15/h9-10,16H,4-8H2,1-3H3. The first kappa shape index (κ1) is 13.8. The van der Waals surface area contributed by atoms with Gasteiger partial charge in [-0.3, -0.25) is 0 Å². The van der Waals surface area contributed by atoms with Gasteiger partial charge in [-0.15, -0.1) is 0 Å². The van der Waals surface area contributed by atoms with Crippen LogP contribution in [-0.2, 0) is 0 Å². The molecule has 1 N–H and O–H groups in total. The lowest BCUT2D eigenvalue weighted by atomic mass is 9.98. The summed E-state index contributed by atoms with van der Waals surface area (Å²) in [5, 5.41) is 3.35. The molecule has 2 unspecified atom stereocenters. The third kappa shape index (κ3) is 4.73. The predicted octanol–water partition coefficient (Wildman–Crippen LogP) is 3.74. The molecular formula is C12H22F3N. The molecule has 4 heteroatoms. The molecule has 0 heterocycles. The Labute approximate surface area is 95.8 Å². The van der Waals surface area contributed by atoms with Gasteiger partial charge in [0.25, 0.3) is 0 Å². The smallest absolute Gasteiger partial charge is 0.314 e. The Bertz CT molecular complexity index is 225. The fourth-order valence-electron chi connectivity index (χ4n) is 2.20. The molecule has 16 heavy (non-hydrogen) atoms. The highest BCUT2D eigenvalue weighted by Gasteiger charge is 2.48. The molecule has 0 aromatic heterocycles. The second kappa shape index (κ2) is 4.94. The molecule has 0 aromatic carbocycles. The van der Waals surface area contributed by atoms with Crippen LogP contribution in [0.15, 0.2) is 0 Å². The molecular weight excluding hydrogens is 215 g/mol. The van der Waals surface area contributed by atoms with Crippen molar-refractivity contribution in [2.24, 2.45) is 11.3 Å². The van der Waals surface area contributed by atoms with Crippen molar-refractivity contribution in [1.82, 2.24) is 5.32 Å². The van der Waals surface area contributed by atoms with E-state index >= 15 is 0 Å². The maximum absolute atomic E-state index is 12.0. The summed E-state index contributed by atoms with van der Waals surface area (Å²) in [5.74, 6) is 0.572. The van der Waals surface area contributed by atoms with E-state index in [-0.39, 0.29) is 11.8 Å². The van der Waals surface area contributed by atoms with Crippen LogP contribution in [0.25, 0.3) is 0 Å². The predicted molar refractivity (Wildman–Crippen MR) is 59.3 cm³/mol. The van der Waals surface area contributed by atoms with Gasteiger partial charge in [0.15, 0.2) is 0 Å². The van der Waals surface area contributed by atoms with E-state index in [1.165, 1.54) is 0 Å². The van der Waals surface area contributed by atoms with Gasteiger partial charge < -0.3 is 5.32 Å². The van der Waals surface area contributed by atoms with Crippen LogP contribution in [0.3, 0.4) is 0 Å². The molecule has 0 amide bonds. The molecule has 1 saturated carbocycles. The largest absolute Gasteiger partial charge is 0.389 e. The summed E-state index contributed by atoms with van der Waals surface area (Å²) in [6.07, 6.45) is -2.57. The summed E-state index contributed by atoms with van der Waals surface area (Å²) in [7, 11) is 0. The first-order valence-corrected chi connectivity index (χ1v) is 6.03. The van der Waals surface area contributed by atoms with Gasteiger partial charge >= 0.3 is 6.18 Å². The average Bonchev–Trinajstić information content (AvgIpc) is 2.71. The number of hydrogen-bond donors (Lipinski definition) is 1. The van der Waals surface area contributed by atoms with Crippen molar-refractivity contribution >= 4 is 0 Å². The first-order valence-electron chi connectivity index (χ1n) is 6.03. The van der Waals surface area contributed by atoms with Crippen LogP contribution < -0.4 is 5.32 Å². The van der Waals surface area contributed by atoms with Gasteiger partial charge in [-0.25, -0.2) is 0 Å². The molecule has 1 aliphatic rings. The molecule has 0 aliphatic heterocycles. The summed E-state index contributed by atoms with van der Waals surface area (Å²) in [5.41, 5.74) is 0.160. The quantitative estimate of drug-likeness (QED) is 0.742. The number of alkyl halides is 3. The Hall–Kier alpha value is -0.250. The topological polar surface area (TPSA) is 12.0 Å². The lowest BCUT2D eigenvalue weighted by Crippen LogP contribution is -2.26. The second-order valence-electron chi connectivity index (χ2n) is 5.59. The molecule has 0 aromatic rings. The molecule has 1 nitrogen and oxygen atoms in total. The third-order valence-electron chi connectivity index (χ3n) is 3.52. The molecule has 96 valence electrons. The lowest BCUT2D eigenvalue weighted by Gasteiger charge is -2.14. The minimum absolute atomic E-state index is 0.160. The van der Waals surface area contributed by atoms with E-state index in [4.69, 9.17) is 0 Å². The summed E-state index contributed by atoms with van der Waals surface area (Å²) < 4.78 is 36.0. The number of hydrogen-bond acceptors (Lipinski definition) is 1. The Balaban J connectivity index is 2.14. The van der Waals surface area contributed by atoms with Crippen molar-refractivity contribution in [1.29, 1.82) is 0 Å². The second-order valence-corrected chi connectivity index (χ2v) is 5.59. The van der Waals surface area contributed by atoms with Gasteiger partial charge in [-0.1, -0.05) is 20.8 Å². The van der Waals surface area contributed by atoms with Gasteiger partial charge in [0.05, 0.1) is 0 Å². The van der Waals surface area contributed by atoms with Crippen LogP contribution in [0.4, 0.5) is 13.2 Å². The number of rotatable bonds is 6. The normalized spacial score (nSPS) is 29.8. The molecule has 0 bridgehead atoms. The van der Waals surface area contributed by atoms with E-state index in [0.29, 0.717) is 18.4 Å². The zero-order valence-electron chi connectivity index (χ0n) is 10.3. The molecule has 1 rings (SSSR count). The minimum Gasteiger partial charge on any atom is -0.314 e. The molecule has 0 spiro atoms. The number of nitrogens with one attached hydrogen (secondary N) is 1. The van der Waals surface area contributed by atoms with Crippen molar-refractivity contribution in [2.45, 2.75) is 58.7 Å². The van der Waals surface area contributed by atoms with Crippen molar-refractivity contribution < 1.29 is 13.2 Å². The average molecular weight is 237 g/mol. The van der Waals surface area contributed by atoms with E-state index in [1.54, 1.807) is 0 Å². The Morgan fingerprint density at radius 1 is 1.38 bits per heavy atom. The Morgan fingerprint density at radius 3 is 2.50 bits per heavy atom. The zero-order chi connectivity index (χ0) is 12.4. The fraction of sp³-hybridized carbons (Fsp3) is 1.00. The monoisotopic (exact) mass is 237 g/mol. The summed E-state index contributed by atoms with van der Waals surface area (Å²) in [6.45, 7) is 7.23. The van der Waals surface area contributed by atoms with E-state index in [1.807, 2.05) is 0 Å². The van der Waals surface area contributed by atoms with E-state index < -0.39 is 12.6 Å². The highest BCUT2D eigenvalue weighted by Crippen LogP contribution is 2.55. The van der Waals surface area contributed by atoms with Crippen LogP contribution in [0.1, 0.15) is 46.5 Å². The van der Waals surface area contributed by atoms with Crippen molar-refractivity contribution in [3.05, 3.63) is 0 Å². The molecule has 1 aliphatic carbocycles. The highest BCUT2D eigenvalue weighted by atomic mass is 19.4. The molecule has 1 fully saturated rings. The number of halogens is 3. The van der Waals surface area contributed by atoms with Crippen LogP contribution in [0.5, 0.6) is 0 Å². The molecule has 0 radical (unpaired) electrons. The first-order chi connectivity index (χ1) is 7.23. The van der Waals surface area contributed by atoms with Gasteiger partial charge in [0, 0.05) is 12.5 Å². The van der Waals surface area contributed by atoms with Gasteiger partial charge in [0.2, 0.25) is 0 Å². The highest BCUT2D eigenvalue weighted by molar-refractivity contribution is 4.99. The summed E-state index contributed by atoms with van der Waals surface area (Å²) in [4.78, 5) is 0. The minimum atomic E-state index is -3.99. The van der Waals surface area contributed by atoms with Gasteiger partial charge in [-0.05, 0) is 37.1 Å². The lowest BCUT2D eigenvalue weighted by molar-refractivity contribution is -0.136. The van der Waals surface area contributed by atoms with Crippen LogP contribution in [0.2, 0.25) is 0 Å². The fourth-order valence-corrected chi connectivity index (χ4v) is 2.20. The van der Waals surface area contributed by atoms with Crippen molar-refractivity contribution in [3.8, 4) is 0 Å². The van der Waals surface area contributed by atoms with E-state index in [9.17, 15) is 13.2 Å². The van der Waals surface area contributed by atoms with Crippen LogP contribution in [0, 0.1) is 11.3 Å². The summed E-state index contributed by atoms with van der Waals surface area (Å²) >= 11 is 0. The maximum atomic E-state index is 12.0. The molecule has 2 atom stereocenters. The van der Waals surface area contributed by atoms with E-state index in [2.05, 4.69) is 26.1 Å². The SMILES string of the molecule is CC(C)NCC1CC1(C)CCCC(F)(F)F. The van der Waals surface area contributed by atoms with Crippen molar-refractivity contribution in [2.75, 3.05) is 6.54 Å². The van der Waals surface area contributed by atoms with E-state index in [0.717, 1.165) is 13.0 Å². The van der Waals surface area contributed by atoms with Crippen LogP contribution >= 0.6 is 0 Å². The van der Waals surface area contributed by atoms with Gasteiger partial charge in [0.1, 0.15) is 0 Å². The molecule has 0 saturated heterocycles. The Morgan fingerprint density at radius 2 is 2.00 bits per heavy atom.